The number of ether oxygens (including phenoxy) is 1. The second kappa shape index (κ2) is 8.05. The predicted octanol–water partition coefficient (Wildman–Crippen LogP) is 3.17. The van der Waals surface area contributed by atoms with Crippen LogP contribution < -0.4 is 0 Å². The Morgan fingerprint density at radius 2 is 2.00 bits per heavy atom. The lowest BCUT2D eigenvalue weighted by atomic mass is 10.00. The van der Waals surface area contributed by atoms with E-state index in [-0.39, 0.29) is 5.97 Å². The van der Waals surface area contributed by atoms with Crippen LogP contribution >= 0.6 is 0 Å². The van der Waals surface area contributed by atoms with Crippen LogP contribution in [0.4, 0.5) is 0 Å². The number of esters is 1. The average Bonchev–Trinajstić information content (AvgIpc) is 2.47. The second-order valence-electron chi connectivity index (χ2n) is 5.41. The first-order chi connectivity index (χ1) is 9.79. The number of fused-ring (bicyclic) bond motifs is 1. The monoisotopic (exact) mass is 275 g/mol. The molecule has 0 amide bonds. The molecule has 0 radical (unpaired) electrons. The number of carbonyl (C=O) groups is 1. The minimum Gasteiger partial charge on any atom is -0.466 e. The summed E-state index contributed by atoms with van der Waals surface area (Å²) < 4.78 is 4.93. The van der Waals surface area contributed by atoms with Crippen LogP contribution in [0, 0.1) is 0 Å². The molecule has 1 heterocycles. The molecule has 0 bridgehead atoms. The maximum Gasteiger partial charge on any atom is 0.305 e. The highest BCUT2D eigenvalue weighted by Gasteiger charge is 2.14. The summed E-state index contributed by atoms with van der Waals surface area (Å²) in [6.07, 6.45) is 4.96. The Hall–Kier alpha value is -1.35. The van der Waals surface area contributed by atoms with Gasteiger partial charge in [-0.2, -0.15) is 0 Å². The summed E-state index contributed by atoms with van der Waals surface area (Å²) in [5.41, 5.74) is 2.98. The van der Waals surface area contributed by atoms with Gasteiger partial charge < -0.3 is 4.74 Å². The number of hydrogen-bond donors (Lipinski definition) is 0. The van der Waals surface area contributed by atoms with Crippen molar-refractivity contribution in [2.45, 2.75) is 45.6 Å². The first kappa shape index (κ1) is 15.0. The molecule has 20 heavy (non-hydrogen) atoms. The summed E-state index contributed by atoms with van der Waals surface area (Å²) in [6.45, 7) is 5.72. The van der Waals surface area contributed by atoms with Crippen molar-refractivity contribution in [2.24, 2.45) is 0 Å². The minimum atomic E-state index is -0.0561. The van der Waals surface area contributed by atoms with E-state index >= 15 is 0 Å². The van der Waals surface area contributed by atoms with Crippen molar-refractivity contribution in [3.8, 4) is 0 Å². The van der Waals surface area contributed by atoms with Gasteiger partial charge in [-0.1, -0.05) is 30.7 Å². The molecule has 3 nitrogen and oxygen atoms in total. The van der Waals surface area contributed by atoms with Crippen molar-refractivity contribution in [2.75, 3.05) is 19.7 Å². The number of rotatable bonds is 7. The van der Waals surface area contributed by atoms with Gasteiger partial charge >= 0.3 is 5.97 Å². The highest BCUT2D eigenvalue weighted by Crippen LogP contribution is 2.18. The fourth-order valence-corrected chi connectivity index (χ4v) is 2.76. The van der Waals surface area contributed by atoms with E-state index < -0.39 is 0 Å². The van der Waals surface area contributed by atoms with Crippen LogP contribution in [0.5, 0.6) is 0 Å². The Morgan fingerprint density at radius 3 is 2.80 bits per heavy atom. The van der Waals surface area contributed by atoms with Crippen molar-refractivity contribution < 1.29 is 9.53 Å². The number of carbonyl (C=O) groups excluding carboxylic acids is 1. The molecule has 0 saturated heterocycles. The van der Waals surface area contributed by atoms with Crippen molar-refractivity contribution in [3.63, 3.8) is 0 Å². The first-order valence-electron chi connectivity index (χ1n) is 7.74. The molecule has 0 saturated carbocycles. The topological polar surface area (TPSA) is 29.5 Å². The average molecular weight is 275 g/mol. The molecule has 110 valence electrons. The molecule has 1 aromatic rings. The number of hydrogen-bond acceptors (Lipinski definition) is 3. The highest BCUT2D eigenvalue weighted by molar-refractivity contribution is 5.69. The Morgan fingerprint density at radius 1 is 1.20 bits per heavy atom. The van der Waals surface area contributed by atoms with Crippen LogP contribution in [0.25, 0.3) is 0 Å². The van der Waals surface area contributed by atoms with Crippen LogP contribution in [-0.4, -0.2) is 30.6 Å². The molecule has 0 aliphatic carbocycles. The third-order valence-electron chi connectivity index (χ3n) is 3.87. The number of unbranched alkanes of at least 4 members (excludes halogenated alkanes) is 2. The standard InChI is InChI=1S/C17H25NO2/c1-2-20-17(19)10-4-3-7-12-18-13-11-15-8-5-6-9-16(15)14-18/h5-6,8-9H,2-4,7,10-14H2,1H3. The zero-order valence-corrected chi connectivity index (χ0v) is 12.4. The number of nitrogens with zero attached hydrogens (tertiary/aromatic N) is 1. The van der Waals surface area contributed by atoms with E-state index in [0.29, 0.717) is 13.0 Å². The fourth-order valence-electron chi connectivity index (χ4n) is 2.76. The summed E-state index contributed by atoms with van der Waals surface area (Å²) in [5, 5.41) is 0. The Bertz CT molecular complexity index is 431. The minimum absolute atomic E-state index is 0.0561. The molecule has 2 rings (SSSR count). The van der Waals surface area contributed by atoms with E-state index in [4.69, 9.17) is 4.74 Å². The summed E-state index contributed by atoms with van der Waals surface area (Å²) in [6, 6.07) is 8.74. The molecule has 0 atom stereocenters. The molecule has 1 aromatic carbocycles. The maximum atomic E-state index is 11.2. The summed E-state index contributed by atoms with van der Waals surface area (Å²) in [4.78, 5) is 13.7. The van der Waals surface area contributed by atoms with Gasteiger partial charge in [-0.15, -0.1) is 0 Å². The molecular formula is C17H25NO2. The molecule has 0 spiro atoms. The smallest absolute Gasteiger partial charge is 0.305 e. The van der Waals surface area contributed by atoms with E-state index in [0.717, 1.165) is 32.5 Å². The molecule has 0 unspecified atom stereocenters. The maximum absolute atomic E-state index is 11.2. The Balaban J connectivity index is 1.61. The lowest BCUT2D eigenvalue weighted by Crippen LogP contribution is -2.31. The molecular weight excluding hydrogens is 250 g/mol. The van der Waals surface area contributed by atoms with E-state index in [9.17, 15) is 4.79 Å². The lowest BCUT2D eigenvalue weighted by molar-refractivity contribution is -0.143. The number of benzene rings is 1. The van der Waals surface area contributed by atoms with E-state index in [1.165, 1.54) is 24.0 Å². The van der Waals surface area contributed by atoms with Gasteiger partial charge in [0.15, 0.2) is 0 Å². The third-order valence-corrected chi connectivity index (χ3v) is 3.87. The van der Waals surface area contributed by atoms with Gasteiger partial charge in [0.2, 0.25) is 0 Å². The zero-order valence-electron chi connectivity index (χ0n) is 12.4. The molecule has 0 N–H and O–H groups in total. The van der Waals surface area contributed by atoms with E-state index in [1.54, 1.807) is 0 Å². The second-order valence-corrected chi connectivity index (χ2v) is 5.41. The highest BCUT2D eigenvalue weighted by atomic mass is 16.5. The largest absolute Gasteiger partial charge is 0.466 e. The van der Waals surface area contributed by atoms with Gasteiger partial charge in [0, 0.05) is 19.5 Å². The first-order valence-corrected chi connectivity index (χ1v) is 7.74. The van der Waals surface area contributed by atoms with Crippen molar-refractivity contribution in [1.29, 1.82) is 0 Å². The van der Waals surface area contributed by atoms with Gasteiger partial charge in [-0.05, 0) is 43.9 Å². The van der Waals surface area contributed by atoms with E-state index in [2.05, 4.69) is 29.2 Å². The molecule has 3 heteroatoms. The van der Waals surface area contributed by atoms with Gasteiger partial charge in [0.25, 0.3) is 0 Å². The van der Waals surface area contributed by atoms with Gasteiger partial charge in [0.1, 0.15) is 0 Å². The van der Waals surface area contributed by atoms with Gasteiger partial charge in [-0.3, -0.25) is 9.69 Å². The quantitative estimate of drug-likeness (QED) is 0.565. The molecule has 1 aliphatic heterocycles. The van der Waals surface area contributed by atoms with Crippen molar-refractivity contribution in [1.82, 2.24) is 4.90 Å². The zero-order chi connectivity index (χ0) is 14.2. The van der Waals surface area contributed by atoms with Gasteiger partial charge in [-0.25, -0.2) is 0 Å². The molecule has 1 aliphatic rings. The summed E-state index contributed by atoms with van der Waals surface area (Å²) in [7, 11) is 0. The SMILES string of the molecule is CCOC(=O)CCCCCN1CCc2ccccc2C1. The lowest BCUT2D eigenvalue weighted by Gasteiger charge is -2.28. The summed E-state index contributed by atoms with van der Waals surface area (Å²) >= 11 is 0. The Kier molecular flexibility index (Phi) is 6.06. The third kappa shape index (κ3) is 4.64. The summed E-state index contributed by atoms with van der Waals surface area (Å²) in [5.74, 6) is -0.0561. The van der Waals surface area contributed by atoms with Gasteiger partial charge in [0.05, 0.1) is 6.61 Å². The molecule has 0 aromatic heterocycles. The van der Waals surface area contributed by atoms with Crippen LogP contribution in [-0.2, 0) is 22.5 Å². The van der Waals surface area contributed by atoms with Crippen LogP contribution in [0.1, 0.15) is 43.7 Å². The fraction of sp³-hybridized carbons (Fsp3) is 0.588. The van der Waals surface area contributed by atoms with Crippen LogP contribution in [0.2, 0.25) is 0 Å². The van der Waals surface area contributed by atoms with Crippen LogP contribution in [0.15, 0.2) is 24.3 Å². The van der Waals surface area contributed by atoms with Crippen molar-refractivity contribution >= 4 is 5.97 Å². The Labute approximate surface area is 121 Å². The van der Waals surface area contributed by atoms with E-state index in [1.807, 2.05) is 6.92 Å². The normalized spacial score (nSPS) is 14.8. The van der Waals surface area contributed by atoms with Crippen LogP contribution in [0.3, 0.4) is 0 Å². The molecule has 0 fully saturated rings. The predicted molar refractivity (Wildman–Crippen MR) is 80.5 cm³/mol. The van der Waals surface area contributed by atoms with Crippen molar-refractivity contribution in [3.05, 3.63) is 35.4 Å².